The quantitative estimate of drug-likeness (QED) is 0.497. The van der Waals surface area contributed by atoms with Crippen LogP contribution in [0, 0.1) is 46.3 Å². The van der Waals surface area contributed by atoms with Gasteiger partial charge in [0.05, 0.1) is 17.8 Å². The Hall–Kier alpha value is -0.690. The first kappa shape index (κ1) is 25.6. The van der Waals surface area contributed by atoms with E-state index in [1.165, 1.54) is 6.92 Å². The van der Waals surface area contributed by atoms with Gasteiger partial charge in [0, 0.05) is 19.3 Å². The van der Waals surface area contributed by atoms with E-state index in [4.69, 9.17) is 14.2 Å². The summed E-state index contributed by atoms with van der Waals surface area (Å²) in [5.74, 6) is 0.715. The van der Waals surface area contributed by atoms with Crippen LogP contribution in [0.4, 0.5) is 0 Å². The number of hydrogen-bond donors (Lipinski definition) is 2. The van der Waals surface area contributed by atoms with Gasteiger partial charge in [0.25, 0.3) is 0 Å². The van der Waals surface area contributed by atoms with E-state index in [1.54, 1.807) is 0 Å². The third-order valence-corrected chi connectivity index (χ3v) is 12.8. The van der Waals surface area contributed by atoms with E-state index in [2.05, 4.69) is 34.6 Å². The van der Waals surface area contributed by atoms with Crippen molar-refractivity contribution in [2.75, 3.05) is 0 Å². The number of aliphatic hydroxyl groups is 2. The number of ether oxygens (including phenoxy) is 3. The monoisotopic (exact) mass is 504 g/mol. The molecule has 0 aromatic heterocycles. The molecule has 1 spiro atoms. The molecule has 2 N–H and O–H groups in total. The summed E-state index contributed by atoms with van der Waals surface area (Å²) >= 11 is 0. The predicted octanol–water partition coefficient (Wildman–Crippen LogP) is 4.84. The Labute approximate surface area is 216 Å². The van der Waals surface area contributed by atoms with E-state index in [0.717, 1.165) is 38.5 Å². The van der Waals surface area contributed by atoms with Crippen LogP contribution in [0.5, 0.6) is 0 Å². The zero-order valence-electron chi connectivity index (χ0n) is 23.4. The van der Waals surface area contributed by atoms with Crippen LogP contribution < -0.4 is 0 Å². The van der Waals surface area contributed by atoms with E-state index in [-0.39, 0.29) is 52.5 Å². The number of esters is 1. The minimum atomic E-state index is -1.10. The molecule has 0 amide bonds. The standard InChI is InChI=1S/C30H48O6/c1-16-14-30(36-26(16,3)4)29(7,33)25-23(35-30)13-21-20-9-8-18-12-19(34-17(2)31)10-11-27(18,5)24(20)22(32)15-28(21,25)6/h16,18-25,32-33H,8-15H2,1-7H3/t16-,18-,19+,20-,21-,22-,23-,24+,25?,27-,28-,29+,30-/m0/s1. The first-order chi connectivity index (χ1) is 16.6. The molecule has 6 aliphatic rings. The fourth-order valence-electron chi connectivity index (χ4n) is 11.0. The number of rotatable bonds is 1. The first-order valence-corrected chi connectivity index (χ1v) is 14.6. The van der Waals surface area contributed by atoms with Crippen molar-refractivity contribution in [1.82, 2.24) is 0 Å². The summed E-state index contributed by atoms with van der Waals surface area (Å²) in [5.41, 5.74) is -1.55. The van der Waals surface area contributed by atoms with Gasteiger partial charge in [0.2, 0.25) is 0 Å². The third kappa shape index (κ3) is 3.20. The molecule has 2 aliphatic heterocycles. The molecule has 2 heterocycles. The van der Waals surface area contributed by atoms with Gasteiger partial charge in [-0.05, 0) is 106 Å². The highest BCUT2D eigenvalue weighted by molar-refractivity contribution is 5.66. The van der Waals surface area contributed by atoms with E-state index in [9.17, 15) is 15.0 Å². The van der Waals surface area contributed by atoms with Crippen LogP contribution in [0.2, 0.25) is 0 Å². The van der Waals surface area contributed by atoms with Crippen molar-refractivity contribution in [3.8, 4) is 0 Å². The van der Waals surface area contributed by atoms with Gasteiger partial charge >= 0.3 is 5.97 Å². The first-order valence-electron chi connectivity index (χ1n) is 14.6. The molecular weight excluding hydrogens is 456 g/mol. The van der Waals surface area contributed by atoms with Crippen molar-refractivity contribution >= 4 is 5.97 Å². The smallest absolute Gasteiger partial charge is 0.302 e. The summed E-state index contributed by atoms with van der Waals surface area (Å²) in [5, 5.41) is 24.1. The van der Waals surface area contributed by atoms with Crippen molar-refractivity contribution in [3.05, 3.63) is 0 Å². The molecule has 4 aliphatic carbocycles. The number of carbonyl (C=O) groups is 1. The topological polar surface area (TPSA) is 85.2 Å². The van der Waals surface area contributed by atoms with Crippen molar-refractivity contribution in [3.63, 3.8) is 0 Å². The molecule has 0 aromatic carbocycles. The minimum Gasteiger partial charge on any atom is -0.463 e. The number of carbonyl (C=O) groups excluding carboxylic acids is 1. The lowest BCUT2D eigenvalue weighted by Gasteiger charge is -2.63. The molecule has 0 aromatic rings. The minimum absolute atomic E-state index is 0.0201. The molecule has 2 saturated heterocycles. The Balaban J connectivity index is 1.28. The van der Waals surface area contributed by atoms with Crippen molar-refractivity contribution in [1.29, 1.82) is 0 Å². The summed E-state index contributed by atoms with van der Waals surface area (Å²) in [6.45, 7) is 14.6. The maximum absolute atomic E-state index is 12.2. The summed E-state index contributed by atoms with van der Waals surface area (Å²) in [6.07, 6.45) is 7.00. The maximum Gasteiger partial charge on any atom is 0.302 e. The zero-order valence-corrected chi connectivity index (χ0v) is 23.4. The molecule has 0 bridgehead atoms. The van der Waals surface area contributed by atoms with E-state index in [1.807, 2.05) is 6.92 Å². The fourth-order valence-corrected chi connectivity index (χ4v) is 11.0. The second-order valence-electron chi connectivity index (χ2n) is 14.9. The Morgan fingerprint density at radius 1 is 1.00 bits per heavy atom. The Morgan fingerprint density at radius 2 is 1.72 bits per heavy atom. The highest BCUT2D eigenvalue weighted by Gasteiger charge is 2.77. The maximum atomic E-state index is 12.2. The highest BCUT2D eigenvalue weighted by atomic mass is 16.7. The van der Waals surface area contributed by atoms with E-state index in [0.29, 0.717) is 36.5 Å². The Kier molecular flexibility index (Phi) is 5.47. The Morgan fingerprint density at radius 3 is 2.36 bits per heavy atom. The fraction of sp³-hybridized carbons (Fsp3) is 0.967. The average Bonchev–Trinajstić information content (AvgIpc) is 3.25. The molecule has 4 saturated carbocycles. The second kappa shape index (κ2) is 7.70. The molecule has 0 radical (unpaired) electrons. The van der Waals surface area contributed by atoms with E-state index >= 15 is 0 Å². The third-order valence-electron chi connectivity index (χ3n) is 12.8. The number of hydrogen-bond acceptors (Lipinski definition) is 6. The van der Waals surface area contributed by atoms with Crippen LogP contribution in [-0.4, -0.2) is 51.5 Å². The van der Waals surface area contributed by atoms with Crippen LogP contribution in [0.25, 0.3) is 0 Å². The van der Waals surface area contributed by atoms with Crippen LogP contribution >= 0.6 is 0 Å². The van der Waals surface area contributed by atoms with Gasteiger partial charge in [-0.2, -0.15) is 0 Å². The van der Waals surface area contributed by atoms with Crippen LogP contribution in [0.1, 0.15) is 99.8 Å². The largest absolute Gasteiger partial charge is 0.463 e. The normalized spacial score (nSPS) is 59.2. The number of fused-ring (bicyclic) bond motifs is 7. The molecular formula is C30H48O6. The molecule has 204 valence electrons. The van der Waals surface area contributed by atoms with Gasteiger partial charge in [0.1, 0.15) is 11.7 Å². The summed E-state index contributed by atoms with van der Waals surface area (Å²) in [4.78, 5) is 11.6. The van der Waals surface area contributed by atoms with Crippen molar-refractivity contribution < 1.29 is 29.2 Å². The molecule has 6 nitrogen and oxygen atoms in total. The van der Waals surface area contributed by atoms with Gasteiger partial charge in [-0.15, -0.1) is 0 Å². The van der Waals surface area contributed by atoms with Gasteiger partial charge < -0.3 is 24.4 Å². The van der Waals surface area contributed by atoms with Gasteiger partial charge in [-0.1, -0.05) is 20.8 Å². The van der Waals surface area contributed by atoms with Crippen LogP contribution in [-0.2, 0) is 19.0 Å². The molecule has 13 atom stereocenters. The van der Waals surface area contributed by atoms with E-state index < -0.39 is 11.4 Å². The summed E-state index contributed by atoms with van der Waals surface area (Å²) < 4.78 is 19.0. The van der Waals surface area contributed by atoms with Crippen LogP contribution in [0.3, 0.4) is 0 Å². The highest BCUT2D eigenvalue weighted by Crippen LogP contribution is 2.72. The van der Waals surface area contributed by atoms with Crippen LogP contribution in [0.15, 0.2) is 0 Å². The Bertz CT molecular complexity index is 930. The summed E-state index contributed by atoms with van der Waals surface area (Å²) in [6, 6.07) is 0. The SMILES string of the molecule is CC(=O)O[C@@H]1CC[C@@]2(C)[C@@H](CC[C@@H]3[C@@H]2[C@@H](O)C[C@]2(C)C4[C@H](C[C@@H]32)O[C@]2(C[C@H](C)C(C)(C)O2)[C@]4(C)O)C1. The predicted molar refractivity (Wildman–Crippen MR) is 135 cm³/mol. The van der Waals surface area contributed by atoms with Crippen molar-refractivity contribution in [2.45, 2.75) is 135 Å². The van der Waals surface area contributed by atoms with Gasteiger partial charge in [-0.3, -0.25) is 4.79 Å². The lowest BCUT2D eigenvalue weighted by molar-refractivity contribution is -0.300. The lowest BCUT2D eigenvalue weighted by atomic mass is 9.43. The second-order valence-corrected chi connectivity index (χ2v) is 14.9. The van der Waals surface area contributed by atoms with Gasteiger partial charge in [0.15, 0.2) is 5.79 Å². The lowest BCUT2D eigenvalue weighted by Crippen LogP contribution is -2.62. The molecule has 6 rings (SSSR count). The molecule has 36 heavy (non-hydrogen) atoms. The average molecular weight is 505 g/mol. The molecule has 6 heteroatoms. The molecule has 6 fully saturated rings. The van der Waals surface area contributed by atoms with Gasteiger partial charge in [-0.25, -0.2) is 0 Å². The molecule has 1 unspecified atom stereocenters. The van der Waals surface area contributed by atoms with Crippen molar-refractivity contribution in [2.24, 2.45) is 46.3 Å². The summed E-state index contributed by atoms with van der Waals surface area (Å²) in [7, 11) is 0. The zero-order chi connectivity index (χ0) is 26.1. The number of aliphatic hydroxyl groups excluding tert-OH is 1.